The molecule has 2 heterocycles. The van der Waals surface area contributed by atoms with Crippen LogP contribution in [0.25, 0.3) is 5.57 Å². The number of benzene rings is 1. The van der Waals surface area contributed by atoms with Crippen LogP contribution in [0.1, 0.15) is 17.1 Å². The van der Waals surface area contributed by atoms with E-state index in [9.17, 15) is 0 Å². The second-order valence-corrected chi connectivity index (χ2v) is 5.16. The Hall–Kier alpha value is -2.60. The summed E-state index contributed by atoms with van der Waals surface area (Å²) in [5.41, 5.74) is 1.65. The number of rotatable bonds is 5. The third-order valence-electron chi connectivity index (χ3n) is 2.91. The van der Waals surface area contributed by atoms with Gasteiger partial charge in [0.1, 0.15) is 17.3 Å². The minimum absolute atomic E-state index is 0.501. The minimum Gasteiger partial charge on any atom is -0.504 e. The van der Waals surface area contributed by atoms with Gasteiger partial charge in [-0.2, -0.15) is 9.36 Å². The quantitative estimate of drug-likeness (QED) is 0.658. The topological polar surface area (TPSA) is 57.4 Å². The highest BCUT2D eigenvalue weighted by atomic mass is 32.1. The van der Waals surface area contributed by atoms with E-state index < -0.39 is 0 Å². The molecule has 0 atom stereocenters. The van der Waals surface area contributed by atoms with Crippen LogP contribution in [0.2, 0.25) is 0 Å². The van der Waals surface area contributed by atoms with Crippen molar-refractivity contribution in [2.24, 2.45) is 0 Å². The van der Waals surface area contributed by atoms with Crippen LogP contribution < -0.4 is 4.74 Å². The Labute approximate surface area is 132 Å². The van der Waals surface area contributed by atoms with Crippen LogP contribution in [-0.4, -0.2) is 16.5 Å². The second-order valence-electron chi connectivity index (χ2n) is 4.45. The molecule has 6 heteroatoms. The summed E-state index contributed by atoms with van der Waals surface area (Å²) in [4.78, 5) is 4.23. The maximum absolute atomic E-state index is 5.86. The second kappa shape index (κ2) is 6.44. The molecular formula is C16H14N2O3S. The lowest BCUT2D eigenvalue weighted by Gasteiger charge is -2.10. The molecule has 0 aliphatic rings. The molecule has 0 radical (unpaired) electrons. The first-order valence-corrected chi connectivity index (χ1v) is 7.39. The first kappa shape index (κ1) is 14.3. The number of ether oxygens (including phenoxy) is 2. The highest BCUT2D eigenvalue weighted by Crippen LogP contribution is 2.34. The monoisotopic (exact) mass is 314 g/mol. The molecule has 5 nitrogen and oxygen atoms in total. The third kappa shape index (κ3) is 3.01. The van der Waals surface area contributed by atoms with E-state index >= 15 is 0 Å². The Bertz CT molecular complexity index is 778. The summed E-state index contributed by atoms with van der Waals surface area (Å²) in [6, 6.07) is 11.3. The van der Waals surface area contributed by atoms with Crippen molar-refractivity contribution >= 4 is 17.1 Å². The van der Waals surface area contributed by atoms with E-state index in [1.54, 1.807) is 19.6 Å². The molecule has 112 valence electrons. The summed E-state index contributed by atoms with van der Waals surface area (Å²) in [6.07, 6.45) is 3.25. The van der Waals surface area contributed by atoms with Gasteiger partial charge in [-0.1, -0.05) is 18.2 Å². The molecule has 0 N–H and O–H groups in total. The molecule has 3 aromatic rings. The minimum atomic E-state index is 0.501. The molecular weight excluding hydrogens is 300 g/mol. The van der Waals surface area contributed by atoms with E-state index in [4.69, 9.17) is 13.9 Å². The van der Waals surface area contributed by atoms with Gasteiger partial charge in [0.2, 0.25) is 0 Å². The van der Waals surface area contributed by atoms with Crippen LogP contribution in [0.4, 0.5) is 0 Å². The SMILES string of the molecule is CO/C=C(/c1ccco1)c1ccccc1Oc1nc(C)ns1. The van der Waals surface area contributed by atoms with Gasteiger partial charge in [-0.25, -0.2) is 0 Å². The number of nitrogens with zero attached hydrogens (tertiary/aromatic N) is 2. The smallest absolute Gasteiger partial charge is 0.298 e. The van der Waals surface area contributed by atoms with Gasteiger partial charge in [0.15, 0.2) is 0 Å². The van der Waals surface area contributed by atoms with Crippen molar-refractivity contribution in [2.45, 2.75) is 6.92 Å². The largest absolute Gasteiger partial charge is 0.504 e. The molecule has 3 rings (SSSR count). The Morgan fingerprint density at radius 3 is 2.77 bits per heavy atom. The van der Waals surface area contributed by atoms with Crippen molar-refractivity contribution in [3.8, 4) is 10.9 Å². The van der Waals surface area contributed by atoms with Crippen LogP contribution in [0.3, 0.4) is 0 Å². The van der Waals surface area contributed by atoms with Gasteiger partial charge in [0.25, 0.3) is 5.19 Å². The zero-order valence-corrected chi connectivity index (χ0v) is 13.0. The van der Waals surface area contributed by atoms with E-state index in [1.807, 2.05) is 43.3 Å². The fourth-order valence-corrected chi connectivity index (χ4v) is 2.55. The Balaban J connectivity index is 2.01. The molecule has 0 saturated heterocycles. The van der Waals surface area contributed by atoms with E-state index in [0.717, 1.165) is 11.1 Å². The highest BCUT2D eigenvalue weighted by Gasteiger charge is 2.15. The zero-order valence-electron chi connectivity index (χ0n) is 12.1. The molecule has 22 heavy (non-hydrogen) atoms. The lowest BCUT2D eigenvalue weighted by molar-refractivity contribution is 0.338. The normalized spacial score (nSPS) is 11.5. The van der Waals surface area contributed by atoms with Crippen molar-refractivity contribution in [3.63, 3.8) is 0 Å². The van der Waals surface area contributed by atoms with Gasteiger partial charge in [0.05, 0.1) is 25.2 Å². The van der Waals surface area contributed by atoms with Gasteiger partial charge in [-0.05, 0) is 25.1 Å². The number of para-hydroxylation sites is 1. The Kier molecular flexibility index (Phi) is 4.20. The zero-order chi connectivity index (χ0) is 15.4. The molecule has 0 spiro atoms. The van der Waals surface area contributed by atoms with Gasteiger partial charge in [-0.15, -0.1) is 0 Å². The predicted octanol–water partition coefficient (Wildman–Crippen LogP) is 4.27. The highest BCUT2D eigenvalue weighted by molar-refractivity contribution is 7.07. The summed E-state index contributed by atoms with van der Waals surface area (Å²) >= 11 is 1.22. The summed E-state index contributed by atoms with van der Waals surface area (Å²) in [7, 11) is 1.60. The fraction of sp³-hybridized carbons (Fsp3) is 0.125. The third-order valence-corrected chi connectivity index (χ3v) is 3.59. The van der Waals surface area contributed by atoms with Gasteiger partial charge >= 0.3 is 0 Å². The summed E-state index contributed by atoms with van der Waals surface area (Å²) in [5.74, 6) is 2.06. The molecule has 0 amide bonds. The maximum atomic E-state index is 5.86. The van der Waals surface area contributed by atoms with Crippen molar-refractivity contribution in [2.75, 3.05) is 7.11 Å². The first-order valence-electron chi connectivity index (χ1n) is 6.62. The molecule has 0 bridgehead atoms. The molecule has 0 unspecified atom stereocenters. The van der Waals surface area contributed by atoms with Crippen LogP contribution in [-0.2, 0) is 4.74 Å². The number of aromatic nitrogens is 2. The van der Waals surface area contributed by atoms with Gasteiger partial charge < -0.3 is 13.9 Å². The number of hydrogen-bond acceptors (Lipinski definition) is 6. The number of methoxy groups -OCH3 is 1. The summed E-state index contributed by atoms with van der Waals surface area (Å²) in [6.45, 7) is 1.83. The van der Waals surface area contributed by atoms with Gasteiger partial charge in [0, 0.05) is 17.1 Å². The van der Waals surface area contributed by atoms with Crippen LogP contribution in [0, 0.1) is 6.92 Å². The standard InChI is InChI=1S/C16H14N2O3S/c1-11-17-16(22-18-11)21-15-7-4-3-6-12(15)13(10-19-2)14-8-5-9-20-14/h3-10H,1-2H3/b13-10+. The van der Waals surface area contributed by atoms with Crippen molar-refractivity contribution in [1.82, 2.24) is 9.36 Å². The number of furan rings is 1. The molecule has 0 fully saturated rings. The number of aryl methyl sites for hydroxylation is 1. The van der Waals surface area contributed by atoms with Crippen LogP contribution in [0.15, 0.2) is 53.3 Å². The van der Waals surface area contributed by atoms with E-state index in [2.05, 4.69) is 9.36 Å². The Morgan fingerprint density at radius 2 is 2.09 bits per heavy atom. The molecule has 0 saturated carbocycles. The molecule has 0 aliphatic heterocycles. The summed E-state index contributed by atoms with van der Waals surface area (Å²) in [5, 5.41) is 0.501. The van der Waals surface area contributed by atoms with Gasteiger partial charge in [-0.3, -0.25) is 0 Å². The maximum Gasteiger partial charge on any atom is 0.298 e. The lowest BCUT2D eigenvalue weighted by Crippen LogP contribution is -1.93. The lowest BCUT2D eigenvalue weighted by atomic mass is 10.0. The van der Waals surface area contributed by atoms with E-state index in [-0.39, 0.29) is 0 Å². The molecule has 1 aromatic carbocycles. The average molecular weight is 314 g/mol. The van der Waals surface area contributed by atoms with E-state index in [0.29, 0.717) is 22.5 Å². The summed E-state index contributed by atoms with van der Waals surface area (Å²) < 4.78 is 20.7. The molecule has 0 aliphatic carbocycles. The van der Waals surface area contributed by atoms with Crippen LogP contribution in [0.5, 0.6) is 10.9 Å². The first-order chi connectivity index (χ1) is 10.8. The van der Waals surface area contributed by atoms with Crippen molar-refractivity contribution < 1.29 is 13.9 Å². The van der Waals surface area contributed by atoms with Crippen molar-refractivity contribution in [3.05, 3.63) is 66.1 Å². The van der Waals surface area contributed by atoms with E-state index in [1.165, 1.54) is 11.5 Å². The Morgan fingerprint density at radius 1 is 1.23 bits per heavy atom. The van der Waals surface area contributed by atoms with Crippen molar-refractivity contribution in [1.29, 1.82) is 0 Å². The fourth-order valence-electron chi connectivity index (χ4n) is 2.00. The molecule has 2 aromatic heterocycles. The predicted molar refractivity (Wildman–Crippen MR) is 84.0 cm³/mol. The van der Waals surface area contributed by atoms with Crippen LogP contribution >= 0.6 is 11.5 Å². The number of hydrogen-bond donors (Lipinski definition) is 0. The average Bonchev–Trinajstić information content (AvgIpc) is 3.18.